The standard InChI is InChI=1S/C15H22N2O3/c1-10-8-15(2,3)9-13(10)16-12-7-11(17(18)19)5-6-14(12)20-4/h5-7,10,13,16H,8-9H2,1-4H3. The lowest BCUT2D eigenvalue weighted by Gasteiger charge is -2.21. The molecule has 0 radical (unpaired) electrons. The van der Waals surface area contributed by atoms with Gasteiger partial charge in [-0.1, -0.05) is 20.8 Å². The highest BCUT2D eigenvalue weighted by atomic mass is 16.6. The third kappa shape index (κ3) is 3.03. The Labute approximate surface area is 119 Å². The van der Waals surface area contributed by atoms with Crippen LogP contribution in [0.25, 0.3) is 0 Å². The lowest BCUT2D eigenvalue weighted by atomic mass is 9.91. The number of hydrogen-bond donors (Lipinski definition) is 1. The van der Waals surface area contributed by atoms with Crippen LogP contribution in [0.4, 0.5) is 11.4 Å². The maximum absolute atomic E-state index is 10.9. The number of nitrogens with zero attached hydrogens (tertiary/aromatic N) is 1. The minimum atomic E-state index is -0.382. The van der Waals surface area contributed by atoms with Crippen molar-refractivity contribution in [3.8, 4) is 5.75 Å². The molecule has 110 valence electrons. The van der Waals surface area contributed by atoms with Crippen molar-refractivity contribution in [2.75, 3.05) is 12.4 Å². The number of rotatable bonds is 4. The van der Waals surface area contributed by atoms with Gasteiger partial charge in [-0.05, 0) is 30.2 Å². The largest absolute Gasteiger partial charge is 0.495 e. The SMILES string of the molecule is COc1ccc([N+](=O)[O-])cc1NC1CC(C)(C)CC1C. The second-order valence-corrected chi connectivity index (χ2v) is 6.44. The fourth-order valence-electron chi connectivity index (χ4n) is 3.21. The molecule has 1 aliphatic carbocycles. The summed E-state index contributed by atoms with van der Waals surface area (Å²) in [6.07, 6.45) is 2.21. The molecule has 1 saturated carbocycles. The molecular formula is C15H22N2O3. The number of methoxy groups -OCH3 is 1. The molecule has 1 aliphatic rings. The van der Waals surface area contributed by atoms with E-state index in [0.29, 0.717) is 28.8 Å². The van der Waals surface area contributed by atoms with Crippen molar-refractivity contribution in [3.05, 3.63) is 28.3 Å². The molecule has 1 aromatic carbocycles. The average Bonchev–Trinajstić information content (AvgIpc) is 2.62. The van der Waals surface area contributed by atoms with Gasteiger partial charge in [0.2, 0.25) is 0 Å². The van der Waals surface area contributed by atoms with Crippen molar-refractivity contribution < 1.29 is 9.66 Å². The second-order valence-electron chi connectivity index (χ2n) is 6.44. The summed E-state index contributed by atoms with van der Waals surface area (Å²) in [5.41, 5.74) is 1.10. The molecule has 2 unspecified atom stereocenters. The zero-order chi connectivity index (χ0) is 14.9. The Balaban J connectivity index is 2.24. The van der Waals surface area contributed by atoms with Crippen molar-refractivity contribution in [2.24, 2.45) is 11.3 Å². The Hall–Kier alpha value is -1.78. The van der Waals surface area contributed by atoms with Gasteiger partial charge in [-0.2, -0.15) is 0 Å². The maximum atomic E-state index is 10.9. The number of anilines is 1. The molecule has 1 fully saturated rings. The summed E-state index contributed by atoms with van der Waals surface area (Å²) in [7, 11) is 1.58. The van der Waals surface area contributed by atoms with Crippen LogP contribution in [0, 0.1) is 21.4 Å². The van der Waals surface area contributed by atoms with Crippen LogP contribution in [-0.4, -0.2) is 18.1 Å². The Bertz CT molecular complexity index is 514. The van der Waals surface area contributed by atoms with Gasteiger partial charge in [-0.3, -0.25) is 10.1 Å². The number of benzene rings is 1. The summed E-state index contributed by atoms with van der Waals surface area (Å²) < 4.78 is 5.29. The highest BCUT2D eigenvalue weighted by Crippen LogP contribution is 2.43. The first-order chi connectivity index (χ1) is 9.32. The number of ether oxygens (including phenoxy) is 1. The van der Waals surface area contributed by atoms with Crippen LogP contribution in [0.15, 0.2) is 18.2 Å². The first-order valence-electron chi connectivity index (χ1n) is 6.91. The number of non-ortho nitro benzene ring substituents is 1. The van der Waals surface area contributed by atoms with Crippen molar-refractivity contribution in [1.82, 2.24) is 0 Å². The first kappa shape index (κ1) is 14.6. The van der Waals surface area contributed by atoms with Gasteiger partial charge in [0.25, 0.3) is 5.69 Å². The summed E-state index contributed by atoms with van der Waals surface area (Å²) in [6, 6.07) is 4.98. The Morgan fingerprint density at radius 1 is 1.40 bits per heavy atom. The van der Waals surface area contributed by atoms with E-state index in [4.69, 9.17) is 4.74 Å². The quantitative estimate of drug-likeness (QED) is 0.671. The minimum Gasteiger partial charge on any atom is -0.495 e. The molecule has 1 aromatic rings. The lowest BCUT2D eigenvalue weighted by molar-refractivity contribution is -0.384. The minimum absolute atomic E-state index is 0.0817. The molecule has 0 saturated heterocycles. The predicted octanol–water partition coefficient (Wildman–Crippen LogP) is 3.84. The van der Waals surface area contributed by atoms with Gasteiger partial charge in [0.05, 0.1) is 17.7 Å². The number of nitro groups is 1. The second kappa shape index (κ2) is 5.31. The molecule has 0 aromatic heterocycles. The predicted molar refractivity (Wildman–Crippen MR) is 79.2 cm³/mol. The topological polar surface area (TPSA) is 64.4 Å². The molecule has 20 heavy (non-hydrogen) atoms. The molecule has 5 heteroatoms. The van der Waals surface area contributed by atoms with Crippen LogP contribution in [0.1, 0.15) is 33.6 Å². The molecule has 1 N–H and O–H groups in total. The summed E-state index contributed by atoms with van der Waals surface area (Å²) >= 11 is 0. The van der Waals surface area contributed by atoms with Crippen molar-refractivity contribution in [1.29, 1.82) is 0 Å². The van der Waals surface area contributed by atoms with Crippen LogP contribution in [0.5, 0.6) is 5.75 Å². The Morgan fingerprint density at radius 3 is 2.60 bits per heavy atom. The highest BCUT2D eigenvalue weighted by molar-refractivity contribution is 5.62. The number of nitrogens with one attached hydrogen (secondary N) is 1. The number of nitro benzene ring substituents is 1. The monoisotopic (exact) mass is 278 g/mol. The molecule has 0 amide bonds. The molecule has 2 atom stereocenters. The zero-order valence-corrected chi connectivity index (χ0v) is 12.5. The van der Waals surface area contributed by atoms with Gasteiger partial charge in [-0.25, -0.2) is 0 Å². The van der Waals surface area contributed by atoms with Gasteiger partial charge in [0, 0.05) is 18.2 Å². The molecule has 0 spiro atoms. The van der Waals surface area contributed by atoms with E-state index in [1.807, 2.05) is 0 Å². The smallest absolute Gasteiger partial charge is 0.271 e. The van der Waals surface area contributed by atoms with Crippen LogP contribution in [-0.2, 0) is 0 Å². The van der Waals surface area contributed by atoms with Gasteiger partial charge < -0.3 is 10.1 Å². The van der Waals surface area contributed by atoms with Gasteiger partial charge in [0.1, 0.15) is 5.75 Å². The Morgan fingerprint density at radius 2 is 2.10 bits per heavy atom. The van der Waals surface area contributed by atoms with Gasteiger partial charge in [0.15, 0.2) is 0 Å². The van der Waals surface area contributed by atoms with E-state index in [2.05, 4.69) is 26.1 Å². The number of hydrogen-bond acceptors (Lipinski definition) is 4. The zero-order valence-electron chi connectivity index (χ0n) is 12.5. The third-order valence-corrected chi connectivity index (χ3v) is 4.07. The molecule has 2 rings (SSSR count). The molecule has 0 heterocycles. The highest BCUT2D eigenvalue weighted by Gasteiger charge is 2.37. The van der Waals surface area contributed by atoms with E-state index < -0.39 is 0 Å². The van der Waals surface area contributed by atoms with Gasteiger partial charge in [-0.15, -0.1) is 0 Å². The molecule has 0 aliphatic heterocycles. The Kier molecular flexibility index (Phi) is 3.88. The lowest BCUT2D eigenvalue weighted by Crippen LogP contribution is -2.22. The maximum Gasteiger partial charge on any atom is 0.271 e. The fourth-order valence-corrected chi connectivity index (χ4v) is 3.21. The third-order valence-electron chi connectivity index (χ3n) is 4.07. The van der Waals surface area contributed by atoms with Gasteiger partial charge >= 0.3 is 0 Å². The first-order valence-corrected chi connectivity index (χ1v) is 6.91. The van der Waals surface area contributed by atoms with Crippen LogP contribution >= 0.6 is 0 Å². The van der Waals surface area contributed by atoms with Crippen molar-refractivity contribution >= 4 is 11.4 Å². The normalized spacial score (nSPS) is 24.4. The van der Waals surface area contributed by atoms with Crippen LogP contribution in [0.3, 0.4) is 0 Å². The molecular weight excluding hydrogens is 256 g/mol. The van der Waals surface area contributed by atoms with E-state index in [1.165, 1.54) is 6.07 Å². The summed E-state index contributed by atoms with van der Waals surface area (Å²) in [4.78, 5) is 10.5. The van der Waals surface area contributed by atoms with Crippen LogP contribution in [0.2, 0.25) is 0 Å². The fraction of sp³-hybridized carbons (Fsp3) is 0.600. The van der Waals surface area contributed by atoms with Crippen molar-refractivity contribution in [3.63, 3.8) is 0 Å². The van der Waals surface area contributed by atoms with Crippen molar-refractivity contribution in [2.45, 2.75) is 39.7 Å². The summed E-state index contributed by atoms with van der Waals surface area (Å²) in [5, 5.41) is 14.3. The van der Waals surface area contributed by atoms with E-state index in [9.17, 15) is 10.1 Å². The molecule has 5 nitrogen and oxygen atoms in total. The molecule has 0 bridgehead atoms. The average molecular weight is 278 g/mol. The van der Waals surface area contributed by atoms with E-state index >= 15 is 0 Å². The van der Waals surface area contributed by atoms with Crippen LogP contribution < -0.4 is 10.1 Å². The van der Waals surface area contributed by atoms with E-state index in [0.717, 1.165) is 12.8 Å². The van der Waals surface area contributed by atoms with E-state index in [1.54, 1.807) is 19.2 Å². The summed E-state index contributed by atoms with van der Waals surface area (Å²) in [6.45, 7) is 6.74. The summed E-state index contributed by atoms with van der Waals surface area (Å²) in [5.74, 6) is 1.18. The van der Waals surface area contributed by atoms with E-state index in [-0.39, 0.29) is 10.6 Å².